The van der Waals surface area contributed by atoms with Crippen molar-refractivity contribution in [3.63, 3.8) is 0 Å². The molecule has 0 heterocycles. The SMILES string of the molecule is CC(C)(C)c1ccc(S(=O)(=O)N[C@H]2CCCC[C@@H]2O)cc1. The minimum atomic E-state index is -3.57. The average Bonchev–Trinajstić information content (AvgIpc) is 2.40. The third kappa shape index (κ3) is 4.05. The Bertz CT molecular complexity index is 573. The highest BCUT2D eigenvalue weighted by atomic mass is 32.2. The van der Waals surface area contributed by atoms with E-state index < -0.39 is 16.1 Å². The molecule has 0 aromatic heterocycles. The normalized spacial score (nSPS) is 24.0. The number of benzene rings is 1. The fraction of sp³-hybridized carbons (Fsp3) is 0.625. The van der Waals surface area contributed by atoms with Gasteiger partial charge in [-0.1, -0.05) is 45.7 Å². The molecule has 21 heavy (non-hydrogen) atoms. The summed E-state index contributed by atoms with van der Waals surface area (Å²) in [6.07, 6.45) is 2.69. The number of sulfonamides is 1. The fourth-order valence-electron chi connectivity index (χ4n) is 2.65. The Balaban J connectivity index is 2.16. The first kappa shape index (κ1) is 16.5. The van der Waals surface area contributed by atoms with Crippen LogP contribution in [0.15, 0.2) is 29.2 Å². The van der Waals surface area contributed by atoms with Gasteiger partial charge in [0.05, 0.1) is 11.0 Å². The Morgan fingerprint density at radius 2 is 1.67 bits per heavy atom. The van der Waals surface area contributed by atoms with Crippen molar-refractivity contribution in [3.05, 3.63) is 29.8 Å². The first-order valence-electron chi connectivity index (χ1n) is 7.51. The zero-order valence-corrected chi connectivity index (χ0v) is 13.8. The molecule has 2 N–H and O–H groups in total. The maximum Gasteiger partial charge on any atom is 0.240 e. The molecule has 0 unspecified atom stereocenters. The third-order valence-corrected chi connectivity index (χ3v) is 5.57. The Kier molecular flexibility index (Phi) is 4.76. The van der Waals surface area contributed by atoms with Crippen molar-refractivity contribution in [2.24, 2.45) is 0 Å². The minimum absolute atomic E-state index is 0.00468. The largest absolute Gasteiger partial charge is 0.391 e. The van der Waals surface area contributed by atoms with Crippen LogP contribution in [0.2, 0.25) is 0 Å². The number of hydrogen-bond acceptors (Lipinski definition) is 3. The topological polar surface area (TPSA) is 66.4 Å². The molecule has 0 spiro atoms. The van der Waals surface area contributed by atoms with Crippen LogP contribution in [0.4, 0.5) is 0 Å². The predicted octanol–water partition coefficient (Wildman–Crippen LogP) is 2.57. The van der Waals surface area contributed by atoms with E-state index in [4.69, 9.17) is 0 Å². The van der Waals surface area contributed by atoms with E-state index in [2.05, 4.69) is 25.5 Å². The van der Waals surface area contributed by atoms with Gasteiger partial charge >= 0.3 is 0 Å². The van der Waals surface area contributed by atoms with E-state index in [9.17, 15) is 13.5 Å². The molecule has 5 heteroatoms. The summed E-state index contributed by atoms with van der Waals surface area (Å²) < 4.78 is 27.4. The van der Waals surface area contributed by atoms with E-state index in [1.807, 2.05) is 12.1 Å². The van der Waals surface area contributed by atoms with E-state index >= 15 is 0 Å². The van der Waals surface area contributed by atoms with Gasteiger partial charge in [0, 0.05) is 6.04 Å². The van der Waals surface area contributed by atoms with E-state index in [0.29, 0.717) is 12.8 Å². The van der Waals surface area contributed by atoms with Crippen LogP contribution in [0.5, 0.6) is 0 Å². The van der Waals surface area contributed by atoms with Gasteiger partial charge in [-0.05, 0) is 36.0 Å². The van der Waals surface area contributed by atoms with E-state index in [1.165, 1.54) is 0 Å². The van der Waals surface area contributed by atoms with Crippen molar-refractivity contribution in [2.45, 2.75) is 68.9 Å². The van der Waals surface area contributed by atoms with Crippen molar-refractivity contribution in [1.82, 2.24) is 4.72 Å². The van der Waals surface area contributed by atoms with Gasteiger partial charge in [-0.25, -0.2) is 13.1 Å². The Hall–Kier alpha value is -0.910. The summed E-state index contributed by atoms with van der Waals surface area (Å²) in [5, 5.41) is 9.90. The van der Waals surface area contributed by atoms with Crippen molar-refractivity contribution in [1.29, 1.82) is 0 Å². The van der Waals surface area contributed by atoms with Crippen LogP contribution in [-0.4, -0.2) is 25.7 Å². The molecule has 2 rings (SSSR count). The summed E-state index contributed by atoms with van der Waals surface area (Å²) in [4.78, 5) is 0.258. The maximum atomic E-state index is 12.4. The maximum absolute atomic E-state index is 12.4. The van der Waals surface area contributed by atoms with Gasteiger partial charge in [-0.3, -0.25) is 0 Å². The number of nitrogens with one attached hydrogen (secondary N) is 1. The summed E-state index contributed by atoms with van der Waals surface area (Å²) in [5.41, 5.74) is 1.09. The van der Waals surface area contributed by atoms with Crippen LogP contribution in [0, 0.1) is 0 Å². The molecule has 0 saturated heterocycles. The summed E-state index contributed by atoms with van der Waals surface area (Å²) in [5.74, 6) is 0. The van der Waals surface area contributed by atoms with Gasteiger partial charge < -0.3 is 5.11 Å². The highest BCUT2D eigenvalue weighted by molar-refractivity contribution is 7.89. The van der Waals surface area contributed by atoms with Crippen LogP contribution in [0.25, 0.3) is 0 Å². The number of aliphatic hydroxyl groups excluding tert-OH is 1. The molecule has 1 aromatic carbocycles. The number of aliphatic hydroxyl groups is 1. The second-order valence-corrected chi connectivity index (χ2v) is 8.57. The smallest absolute Gasteiger partial charge is 0.240 e. The third-order valence-electron chi connectivity index (χ3n) is 4.07. The van der Waals surface area contributed by atoms with Crippen molar-refractivity contribution >= 4 is 10.0 Å². The zero-order valence-electron chi connectivity index (χ0n) is 13.0. The predicted molar refractivity (Wildman–Crippen MR) is 83.7 cm³/mol. The molecule has 1 saturated carbocycles. The van der Waals surface area contributed by atoms with Crippen molar-refractivity contribution < 1.29 is 13.5 Å². The molecule has 1 fully saturated rings. The highest BCUT2D eigenvalue weighted by Crippen LogP contribution is 2.24. The van der Waals surface area contributed by atoms with Crippen molar-refractivity contribution in [3.8, 4) is 0 Å². The first-order chi connectivity index (χ1) is 9.70. The lowest BCUT2D eigenvalue weighted by Crippen LogP contribution is -2.44. The molecule has 118 valence electrons. The van der Waals surface area contributed by atoms with Crippen molar-refractivity contribution in [2.75, 3.05) is 0 Å². The molecule has 4 nitrogen and oxygen atoms in total. The number of hydrogen-bond donors (Lipinski definition) is 2. The monoisotopic (exact) mass is 311 g/mol. The lowest BCUT2D eigenvalue weighted by atomic mass is 9.87. The Morgan fingerprint density at radius 1 is 1.10 bits per heavy atom. The number of rotatable bonds is 3. The molecule has 1 aromatic rings. The van der Waals surface area contributed by atoms with Gasteiger partial charge in [0.15, 0.2) is 0 Å². The second-order valence-electron chi connectivity index (χ2n) is 6.85. The summed E-state index contributed by atoms with van der Waals surface area (Å²) >= 11 is 0. The Morgan fingerprint density at radius 3 is 2.19 bits per heavy atom. The van der Waals surface area contributed by atoms with Gasteiger partial charge in [0.1, 0.15) is 0 Å². The quantitative estimate of drug-likeness (QED) is 0.901. The summed E-state index contributed by atoms with van der Waals surface area (Å²) in [6.45, 7) is 6.27. The zero-order chi connectivity index (χ0) is 15.7. The molecular weight excluding hydrogens is 286 g/mol. The highest BCUT2D eigenvalue weighted by Gasteiger charge is 2.28. The van der Waals surface area contributed by atoms with E-state index in [-0.39, 0.29) is 16.4 Å². The van der Waals surface area contributed by atoms with Crippen LogP contribution in [0.3, 0.4) is 0 Å². The molecule has 2 atom stereocenters. The van der Waals surface area contributed by atoms with Crippen LogP contribution < -0.4 is 4.72 Å². The van der Waals surface area contributed by atoms with Gasteiger partial charge in [-0.15, -0.1) is 0 Å². The van der Waals surface area contributed by atoms with Crippen LogP contribution in [-0.2, 0) is 15.4 Å². The van der Waals surface area contributed by atoms with Gasteiger partial charge in [-0.2, -0.15) is 0 Å². The lowest BCUT2D eigenvalue weighted by Gasteiger charge is -2.28. The standard InChI is InChI=1S/C16H25NO3S/c1-16(2,3)12-8-10-13(11-9-12)21(19,20)17-14-6-4-5-7-15(14)18/h8-11,14-15,17-18H,4-7H2,1-3H3/t14-,15-/m0/s1. The molecule has 0 aliphatic heterocycles. The van der Waals surface area contributed by atoms with Gasteiger partial charge in [0.2, 0.25) is 10.0 Å². The van der Waals surface area contributed by atoms with Gasteiger partial charge in [0.25, 0.3) is 0 Å². The lowest BCUT2D eigenvalue weighted by molar-refractivity contribution is 0.101. The fourth-order valence-corrected chi connectivity index (χ4v) is 3.95. The first-order valence-corrected chi connectivity index (χ1v) is 8.99. The van der Waals surface area contributed by atoms with E-state index in [0.717, 1.165) is 18.4 Å². The molecule has 1 aliphatic carbocycles. The van der Waals surface area contributed by atoms with E-state index in [1.54, 1.807) is 12.1 Å². The minimum Gasteiger partial charge on any atom is -0.391 e. The van der Waals surface area contributed by atoms with Crippen LogP contribution in [0.1, 0.15) is 52.0 Å². The Labute approximate surface area is 127 Å². The molecular formula is C16H25NO3S. The molecule has 1 aliphatic rings. The van der Waals surface area contributed by atoms with Crippen LogP contribution >= 0.6 is 0 Å². The average molecular weight is 311 g/mol. The summed E-state index contributed by atoms with van der Waals surface area (Å²) in [7, 11) is -3.57. The molecule has 0 radical (unpaired) electrons. The molecule has 0 amide bonds. The summed E-state index contributed by atoms with van der Waals surface area (Å²) in [6, 6.07) is 6.61. The second kappa shape index (κ2) is 6.07. The molecule has 0 bridgehead atoms.